The number of benzene rings is 1. The molecule has 30 heavy (non-hydrogen) atoms. The normalized spacial score (nSPS) is 15.4. The summed E-state index contributed by atoms with van der Waals surface area (Å²) in [5.74, 6) is 1.04. The highest BCUT2D eigenvalue weighted by molar-refractivity contribution is 14.0. The molecule has 166 valence electrons. The number of nitrogens with one attached hydrogen (secondary N) is 3. The number of nitrogens with zero attached hydrogens (tertiary/aromatic N) is 3. The highest BCUT2D eigenvalue weighted by Crippen LogP contribution is 2.21. The van der Waals surface area contributed by atoms with E-state index in [2.05, 4.69) is 61.7 Å². The fraction of sp³-hybridized carbons (Fsp3) is 0.545. The number of piperazine rings is 1. The van der Waals surface area contributed by atoms with E-state index in [4.69, 9.17) is 0 Å². The zero-order chi connectivity index (χ0) is 20.8. The van der Waals surface area contributed by atoms with Crippen LogP contribution in [0.5, 0.6) is 0 Å². The molecule has 0 atom stereocenters. The number of para-hydroxylation sites is 1. The van der Waals surface area contributed by atoms with Gasteiger partial charge in [-0.05, 0) is 38.3 Å². The molecule has 3 rings (SSSR count). The first-order valence-electron chi connectivity index (χ1n) is 10.5. The van der Waals surface area contributed by atoms with Crippen LogP contribution in [-0.2, 0) is 11.2 Å². The molecular weight excluding hydrogens is 491 g/mol. The molecule has 0 spiro atoms. The van der Waals surface area contributed by atoms with Crippen LogP contribution < -0.4 is 10.6 Å². The van der Waals surface area contributed by atoms with Gasteiger partial charge in [0.1, 0.15) is 0 Å². The van der Waals surface area contributed by atoms with Gasteiger partial charge in [-0.2, -0.15) is 0 Å². The van der Waals surface area contributed by atoms with Crippen LogP contribution in [0.2, 0.25) is 0 Å². The minimum Gasteiger partial charge on any atom is -0.361 e. The van der Waals surface area contributed by atoms with Gasteiger partial charge < -0.3 is 20.5 Å². The van der Waals surface area contributed by atoms with Crippen molar-refractivity contribution in [1.82, 2.24) is 25.4 Å². The van der Waals surface area contributed by atoms with Crippen molar-refractivity contribution in [3.63, 3.8) is 0 Å². The van der Waals surface area contributed by atoms with Crippen LogP contribution in [0.3, 0.4) is 0 Å². The molecule has 2 heterocycles. The number of aliphatic imine (C=N–C) groups is 1. The molecule has 0 saturated carbocycles. The first-order valence-corrected chi connectivity index (χ1v) is 10.5. The Bertz CT molecular complexity index is 854. The summed E-state index contributed by atoms with van der Waals surface area (Å²) in [4.78, 5) is 24.3. The molecule has 2 aromatic rings. The monoisotopic (exact) mass is 526 g/mol. The summed E-state index contributed by atoms with van der Waals surface area (Å²) >= 11 is 0. The molecule has 0 bridgehead atoms. The molecular formula is C22H35IN6O. The third kappa shape index (κ3) is 6.34. The van der Waals surface area contributed by atoms with E-state index >= 15 is 0 Å². The second-order valence-corrected chi connectivity index (χ2v) is 8.02. The highest BCUT2D eigenvalue weighted by atomic mass is 127. The Hall–Kier alpha value is -1.81. The third-order valence-corrected chi connectivity index (χ3v) is 5.39. The van der Waals surface area contributed by atoms with Gasteiger partial charge in [0.15, 0.2) is 5.96 Å². The minimum atomic E-state index is 0. The number of H-pyrrole nitrogens is 1. The SMILES string of the molecule is CN=C(NCCc1c[nH]c2c(C)cccc12)N1CCN(CC(=O)NC(C)C)CC1.I. The molecule has 1 aliphatic heterocycles. The van der Waals surface area contributed by atoms with E-state index in [1.165, 1.54) is 22.0 Å². The largest absolute Gasteiger partial charge is 0.361 e. The van der Waals surface area contributed by atoms with Gasteiger partial charge in [0.2, 0.25) is 5.91 Å². The fourth-order valence-corrected chi connectivity index (χ4v) is 3.90. The number of aromatic amines is 1. The number of fused-ring (bicyclic) bond motifs is 1. The number of hydrogen-bond acceptors (Lipinski definition) is 3. The van der Waals surface area contributed by atoms with E-state index in [1.54, 1.807) is 0 Å². The van der Waals surface area contributed by atoms with Crippen molar-refractivity contribution in [2.75, 3.05) is 46.3 Å². The predicted molar refractivity (Wildman–Crippen MR) is 135 cm³/mol. The van der Waals surface area contributed by atoms with Gasteiger partial charge in [-0.25, -0.2) is 0 Å². The predicted octanol–water partition coefficient (Wildman–Crippen LogP) is 2.35. The van der Waals surface area contributed by atoms with Gasteiger partial charge in [0.05, 0.1) is 6.54 Å². The molecule has 1 aliphatic rings. The van der Waals surface area contributed by atoms with Gasteiger partial charge in [0, 0.05) is 62.9 Å². The first kappa shape index (κ1) is 24.5. The maximum atomic E-state index is 12.0. The van der Waals surface area contributed by atoms with E-state index in [1.807, 2.05) is 20.9 Å². The lowest BCUT2D eigenvalue weighted by atomic mass is 10.1. The lowest BCUT2D eigenvalue weighted by molar-refractivity contribution is -0.123. The van der Waals surface area contributed by atoms with Crippen LogP contribution in [0, 0.1) is 6.92 Å². The maximum absolute atomic E-state index is 12.0. The van der Waals surface area contributed by atoms with Crippen LogP contribution >= 0.6 is 24.0 Å². The molecule has 1 aromatic heterocycles. The Morgan fingerprint density at radius 1 is 1.23 bits per heavy atom. The topological polar surface area (TPSA) is 75.8 Å². The van der Waals surface area contributed by atoms with Crippen LogP contribution in [0.15, 0.2) is 29.4 Å². The number of halogens is 1. The molecule has 0 radical (unpaired) electrons. The van der Waals surface area contributed by atoms with Gasteiger partial charge in [-0.3, -0.25) is 14.7 Å². The van der Waals surface area contributed by atoms with Crippen molar-refractivity contribution in [2.45, 2.75) is 33.2 Å². The lowest BCUT2D eigenvalue weighted by Gasteiger charge is -2.36. The van der Waals surface area contributed by atoms with Crippen molar-refractivity contribution in [2.24, 2.45) is 4.99 Å². The first-order chi connectivity index (χ1) is 14.0. The second-order valence-electron chi connectivity index (χ2n) is 8.02. The Balaban J connectivity index is 0.00000320. The fourth-order valence-electron chi connectivity index (χ4n) is 3.90. The van der Waals surface area contributed by atoms with Crippen LogP contribution in [0.25, 0.3) is 10.9 Å². The Kier molecular flexibility index (Phi) is 9.41. The number of aryl methyl sites for hydroxylation is 1. The van der Waals surface area contributed by atoms with Gasteiger partial charge >= 0.3 is 0 Å². The van der Waals surface area contributed by atoms with Crippen molar-refractivity contribution < 1.29 is 4.79 Å². The van der Waals surface area contributed by atoms with Gasteiger partial charge in [0.25, 0.3) is 0 Å². The number of rotatable bonds is 6. The van der Waals surface area contributed by atoms with Crippen molar-refractivity contribution in [3.05, 3.63) is 35.5 Å². The molecule has 1 aromatic carbocycles. The number of carbonyl (C=O) groups is 1. The lowest BCUT2D eigenvalue weighted by Crippen LogP contribution is -2.54. The Morgan fingerprint density at radius 2 is 1.97 bits per heavy atom. The van der Waals surface area contributed by atoms with Crippen molar-refractivity contribution >= 4 is 46.7 Å². The van der Waals surface area contributed by atoms with Crippen molar-refractivity contribution in [1.29, 1.82) is 0 Å². The van der Waals surface area contributed by atoms with E-state index in [0.29, 0.717) is 6.54 Å². The number of guanidine groups is 1. The zero-order valence-corrected chi connectivity index (χ0v) is 20.8. The minimum absolute atomic E-state index is 0. The summed E-state index contributed by atoms with van der Waals surface area (Å²) in [5, 5.41) is 7.76. The second kappa shape index (κ2) is 11.5. The molecule has 8 heteroatoms. The molecule has 7 nitrogen and oxygen atoms in total. The number of amides is 1. The number of carbonyl (C=O) groups excluding carboxylic acids is 1. The summed E-state index contributed by atoms with van der Waals surface area (Å²) in [6, 6.07) is 6.61. The zero-order valence-electron chi connectivity index (χ0n) is 18.5. The number of aromatic nitrogens is 1. The van der Waals surface area contributed by atoms with E-state index in [9.17, 15) is 4.79 Å². The summed E-state index contributed by atoms with van der Waals surface area (Å²) in [5.41, 5.74) is 3.83. The quantitative estimate of drug-likeness (QED) is 0.307. The Labute approximate surface area is 196 Å². The summed E-state index contributed by atoms with van der Waals surface area (Å²) < 4.78 is 0. The van der Waals surface area contributed by atoms with E-state index < -0.39 is 0 Å². The van der Waals surface area contributed by atoms with Crippen LogP contribution in [0.1, 0.15) is 25.0 Å². The molecule has 1 saturated heterocycles. The average Bonchev–Trinajstić information content (AvgIpc) is 3.10. The van der Waals surface area contributed by atoms with Crippen LogP contribution in [-0.4, -0.2) is 79.0 Å². The van der Waals surface area contributed by atoms with E-state index in [-0.39, 0.29) is 35.9 Å². The summed E-state index contributed by atoms with van der Waals surface area (Å²) in [7, 11) is 1.83. The van der Waals surface area contributed by atoms with Gasteiger partial charge in [-0.1, -0.05) is 18.2 Å². The molecule has 0 unspecified atom stereocenters. The van der Waals surface area contributed by atoms with E-state index in [0.717, 1.165) is 45.1 Å². The van der Waals surface area contributed by atoms with Gasteiger partial charge in [-0.15, -0.1) is 24.0 Å². The molecule has 0 aliphatic carbocycles. The molecule has 1 fully saturated rings. The summed E-state index contributed by atoms with van der Waals surface area (Å²) in [6.07, 6.45) is 3.06. The average molecular weight is 526 g/mol. The highest BCUT2D eigenvalue weighted by Gasteiger charge is 2.21. The standard InChI is InChI=1S/C22H34N6O.HI/c1-16(2)26-20(29)15-27-10-12-28(13-11-27)22(23-4)24-9-8-18-14-25-21-17(3)6-5-7-19(18)21;/h5-7,14,16,25H,8-13,15H2,1-4H3,(H,23,24)(H,26,29);1H. The Morgan fingerprint density at radius 3 is 2.63 bits per heavy atom. The molecule has 1 amide bonds. The molecule has 3 N–H and O–H groups in total. The number of hydrogen-bond donors (Lipinski definition) is 3. The van der Waals surface area contributed by atoms with Crippen molar-refractivity contribution in [3.8, 4) is 0 Å². The van der Waals surface area contributed by atoms with Crippen LogP contribution in [0.4, 0.5) is 0 Å². The summed E-state index contributed by atoms with van der Waals surface area (Å²) in [6.45, 7) is 10.9. The smallest absolute Gasteiger partial charge is 0.234 e. The maximum Gasteiger partial charge on any atom is 0.234 e. The third-order valence-electron chi connectivity index (χ3n) is 5.39.